The molecule has 0 spiro atoms. The Kier molecular flexibility index (Phi) is 9.83. The van der Waals surface area contributed by atoms with Gasteiger partial charge in [-0.05, 0) is 72.9 Å². The van der Waals surface area contributed by atoms with Gasteiger partial charge in [0.25, 0.3) is 0 Å². The third-order valence-corrected chi connectivity index (χ3v) is 10.4. The summed E-state index contributed by atoms with van der Waals surface area (Å²) in [5.41, 5.74) is 3.64. The van der Waals surface area contributed by atoms with Gasteiger partial charge in [0.2, 0.25) is 5.95 Å². The number of nitrogens with zero attached hydrogens (tertiary/aromatic N) is 6. The lowest BCUT2D eigenvalue weighted by atomic mass is 10.0. The Balaban J connectivity index is 1.32. The van der Waals surface area contributed by atoms with E-state index in [0.29, 0.717) is 53.9 Å². The summed E-state index contributed by atoms with van der Waals surface area (Å²) in [7, 11) is 0.818. The maximum Gasteiger partial charge on any atom is 0.410 e. The van der Waals surface area contributed by atoms with Crippen molar-refractivity contribution in [3.05, 3.63) is 71.6 Å². The average molecular weight is 762 g/mol. The molecule has 1 aliphatic rings. The Labute approximate surface area is 300 Å². The number of anilines is 5. The molecular weight excluding hydrogens is 719 g/mol. The first kappa shape index (κ1) is 35.2. The molecule has 50 heavy (non-hydrogen) atoms. The van der Waals surface area contributed by atoms with Gasteiger partial charge in [0.05, 0.1) is 29.2 Å². The first-order valence-electron chi connectivity index (χ1n) is 16.3. The first-order valence-corrected chi connectivity index (χ1v) is 19.7. The standard InChI is InChI=1S/C36H42BrN8O4P/c1-36(2,3)49-35(46)45-16-14-44(15-17-45)30-19-31(48-5)29(18-26(30)24-20-39-43(4)22-24)41-34-38-21-27(37)33(42-34)40-28-13-12-23-10-8-9-11-25(23)32(28)50(6,7)47/h8-13,18-22H,14-17H2,1-7H3,(H2,38,40,41,42). The molecule has 262 valence electrons. The Morgan fingerprint density at radius 3 is 2.38 bits per heavy atom. The van der Waals surface area contributed by atoms with Crippen LogP contribution in [0.25, 0.3) is 21.9 Å². The lowest BCUT2D eigenvalue weighted by Gasteiger charge is -2.37. The summed E-state index contributed by atoms with van der Waals surface area (Å²) in [6, 6.07) is 15.9. The van der Waals surface area contributed by atoms with E-state index in [1.807, 2.05) is 88.7 Å². The van der Waals surface area contributed by atoms with Crippen molar-refractivity contribution in [2.45, 2.75) is 26.4 Å². The summed E-state index contributed by atoms with van der Waals surface area (Å²) >= 11 is 3.60. The fourth-order valence-corrected chi connectivity index (χ4v) is 7.83. The van der Waals surface area contributed by atoms with Crippen LogP contribution in [0.2, 0.25) is 0 Å². The zero-order valence-electron chi connectivity index (χ0n) is 29.3. The number of amides is 1. The highest BCUT2D eigenvalue weighted by Gasteiger charge is 2.28. The minimum Gasteiger partial charge on any atom is -0.494 e. The van der Waals surface area contributed by atoms with Crippen LogP contribution in [0.15, 0.2) is 71.6 Å². The number of hydrogen-bond acceptors (Lipinski definition) is 10. The lowest BCUT2D eigenvalue weighted by Crippen LogP contribution is -2.50. The fourth-order valence-electron chi connectivity index (χ4n) is 6.04. The second-order valence-electron chi connectivity index (χ2n) is 13.6. The second-order valence-corrected chi connectivity index (χ2v) is 17.6. The van der Waals surface area contributed by atoms with Gasteiger partial charge < -0.3 is 34.5 Å². The van der Waals surface area contributed by atoms with Crippen molar-refractivity contribution >= 4 is 74.1 Å². The number of rotatable bonds is 8. The van der Waals surface area contributed by atoms with Crippen LogP contribution in [0.3, 0.4) is 0 Å². The number of fused-ring (bicyclic) bond motifs is 1. The molecule has 1 amide bonds. The maximum atomic E-state index is 13.5. The van der Waals surface area contributed by atoms with Crippen molar-refractivity contribution in [3.8, 4) is 16.9 Å². The normalized spacial score (nSPS) is 13.8. The van der Waals surface area contributed by atoms with Gasteiger partial charge in [0, 0.05) is 73.8 Å². The van der Waals surface area contributed by atoms with Gasteiger partial charge in [-0.25, -0.2) is 9.78 Å². The van der Waals surface area contributed by atoms with Crippen LogP contribution in [0.5, 0.6) is 5.75 Å². The van der Waals surface area contributed by atoms with Crippen molar-refractivity contribution in [1.29, 1.82) is 0 Å². The molecule has 1 aliphatic heterocycles. The summed E-state index contributed by atoms with van der Waals surface area (Å²) in [6.45, 7) is 11.5. The summed E-state index contributed by atoms with van der Waals surface area (Å²) in [5.74, 6) is 1.44. The van der Waals surface area contributed by atoms with Gasteiger partial charge in [-0.15, -0.1) is 0 Å². The minimum atomic E-state index is -2.69. The zero-order valence-corrected chi connectivity index (χ0v) is 31.8. The summed E-state index contributed by atoms with van der Waals surface area (Å²) < 4.78 is 27.5. The Hall–Kier alpha value is -4.61. The molecule has 0 atom stereocenters. The highest BCUT2D eigenvalue weighted by Crippen LogP contribution is 2.43. The molecule has 1 fully saturated rings. The molecule has 14 heteroatoms. The molecule has 0 unspecified atom stereocenters. The highest BCUT2D eigenvalue weighted by molar-refractivity contribution is 9.10. The summed E-state index contributed by atoms with van der Waals surface area (Å²) in [5, 5.41) is 13.9. The average Bonchev–Trinajstić information content (AvgIpc) is 3.50. The number of piperazine rings is 1. The van der Waals surface area contributed by atoms with Crippen molar-refractivity contribution in [1.82, 2.24) is 24.6 Å². The van der Waals surface area contributed by atoms with E-state index in [-0.39, 0.29) is 6.09 Å². The van der Waals surface area contributed by atoms with Crippen molar-refractivity contribution in [3.63, 3.8) is 0 Å². The van der Waals surface area contributed by atoms with Crippen LogP contribution in [0.4, 0.5) is 33.6 Å². The lowest BCUT2D eigenvalue weighted by molar-refractivity contribution is 0.0240. The SMILES string of the molecule is COc1cc(N2CCN(C(=O)OC(C)(C)C)CC2)c(-c2cnn(C)c2)cc1Nc1ncc(Br)c(Nc2ccc3ccccc3c2P(C)(C)=O)n1. The van der Waals surface area contributed by atoms with Gasteiger partial charge in [-0.2, -0.15) is 10.1 Å². The first-order chi connectivity index (χ1) is 23.7. The molecule has 3 aromatic carbocycles. The number of hydrogen-bond donors (Lipinski definition) is 2. The molecular formula is C36H42BrN8O4P. The number of nitrogens with one attached hydrogen (secondary N) is 2. The molecule has 0 saturated carbocycles. The number of benzene rings is 3. The molecule has 2 aromatic heterocycles. The topological polar surface area (TPSA) is 127 Å². The fraction of sp³-hybridized carbons (Fsp3) is 0.333. The van der Waals surface area contributed by atoms with Crippen molar-refractivity contribution < 1.29 is 18.8 Å². The monoisotopic (exact) mass is 760 g/mol. The highest BCUT2D eigenvalue weighted by atomic mass is 79.9. The van der Waals surface area contributed by atoms with E-state index < -0.39 is 12.7 Å². The van der Waals surface area contributed by atoms with Crippen LogP contribution in [0, 0.1) is 0 Å². The number of methoxy groups -OCH3 is 1. The van der Waals surface area contributed by atoms with E-state index in [0.717, 1.165) is 38.6 Å². The number of ether oxygens (including phenoxy) is 2. The summed E-state index contributed by atoms with van der Waals surface area (Å²) in [6.07, 6.45) is 5.15. The molecule has 0 radical (unpaired) electrons. The Bertz CT molecular complexity index is 2100. The van der Waals surface area contributed by atoms with Crippen LogP contribution in [-0.2, 0) is 16.3 Å². The van der Waals surface area contributed by atoms with Crippen LogP contribution in [-0.4, -0.2) is 83.0 Å². The Morgan fingerprint density at radius 1 is 0.980 bits per heavy atom. The molecule has 1 saturated heterocycles. The number of aromatic nitrogens is 4. The molecule has 6 rings (SSSR count). The van der Waals surface area contributed by atoms with E-state index in [1.54, 1.807) is 36.2 Å². The largest absolute Gasteiger partial charge is 0.494 e. The zero-order chi connectivity index (χ0) is 35.8. The van der Waals surface area contributed by atoms with E-state index in [9.17, 15) is 9.36 Å². The minimum absolute atomic E-state index is 0.305. The number of carbonyl (C=O) groups excluding carboxylic acids is 1. The molecule has 0 aliphatic carbocycles. The van der Waals surface area contributed by atoms with Gasteiger partial charge in [-0.3, -0.25) is 4.68 Å². The quantitative estimate of drug-likeness (QED) is 0.153. The number of carbonyl (C=O) groups is 1. The number of halogens is 1. The molecule has 2 N–H and O–H groups in total. The van der Waals surface area contributed by atoms with Gasteiger partial charge in [0.15, 0.2) is 0 Å². The third kappa shape index (κ3) is 7.74. The molecule has 5 aromatic rings. The van der Waals surface area contributed by atoms with Crippen molar-refractivity contribution in [2.24, 2.45) is 7.05 Å². The second kappa shape index (κ2) is 14.0. The molecule has 0 bridgehead atoms. The van der Waals surface area contributed by atoms with Gasteiger partial charge in [0.1, 0.15) is 24.3 Å². The number of aryl methyl sites for hydroxylation is 1. The van der Waals surface area contributed by atoms with E-state index in [2.05, 4.69) is 41.5 Å². The maximum absolute atomic E-state index is 13.5. The van der Waals surface area contributed by atoms with E-state index >= 15 is 0 Å². The van der Waals surface area contributed by atoms with E-state index in [1.165, 1.54) is 0 Å². The van der Waals surface area contributed by atoms with Crippen LogP contribution in [0.1, 0.15) is 20.8 Å². The van der Waals surface area contributed by atoms with Gasteiger partial charge >= 0.3 is 6.09 Å². The van der Waals surface area contributed by atoms with Crippen LogP contribution >= 0.6 is 23.1 Å². The molecule has 12 nitrogen and oxygen atoms in total. The smallest absolute Gasteiger partial charge is 0.410 e. The predicted molar refractivity (Wildman–Crippen MR) is 205 cm³/mol. The summed E-state index contributed by atoms with van der Waals surface area (Å²) in [4.78, 5) is 26.1. The van der Waals surface area contributed by atoms with Gasteiger partial charge in [-0.1, -0.05) is 30.3 Å². The molecule has 3 heterocycles. The van der Waals surface area contributed by atoms with Crippen molar-refractivity contribution in [2.75, 3.05) is 62.2 Å². The Morgan fingerprint density at radius 2 is 1.72 bits per heavy atom. The van der Waals surface area contributed by atoms with Crippen LogP contribution < -0.4 is 25.6 Å². The predicted octanol–water partition coefficient (Wildman–Crippen LogP) is 7.59. The third-order valence-electron chi connectivity index (χ3n) is 8.29. The van der Waals surface area contributed by atoms with E-state index in [4.69, 9.17) is 14.5 Å².